The topological polar surface area (TPSA) is 99.2 Å². The first-order valence-corrected chi connectivity index (χ1v) is 13.4. The summed E-state index contributed by atoms with van der Waals surface area (Å²) in [6, 6.07) is 12.2. The van der Waals surface area contributed by atoms with Gasteiger partial charge in [0.1, 0.15) is 16.7 Å². The largest absolute Gasteiger partial charge is 0.487 e. The minimum atomic E-state index is -3.92. The summed E-state index contributed by atoms with van der Waals surface area (Å²) in [7, 11) is -2.23. The Labute approximate surface area is 208 Å². The highest BCUT2D eigenvalue weighted by molar-refractivity contribution is 7.89. The number of aliphatic hydroxyl groups is 1. The number of hydrogen-bond acceptors (Lipinski definition) is 5. The van der Waals surface area contributed by atoms with Crippen LogP contribution in [-0.2, 0) is 10.0 Å². The van der Waals surface area contributed by atoms with Gasteiger partial charge in [0.05, 0.1) is 13.2 Å². The van der Waals surface area contributed by atoms with Gasteiger partial charge in [0, 0.05) is 31.6 Å². The highest BCUT2D eigenvalue weighted by atomic mass is 32.2. The maximum Gasteiger partial charge on any atom is 0.317 e. The van der Waals surface area contributed by atoms with E-state index < -0.39 is 22.2 Å². The van der Waals surface area contributed by atoms with Gasteiger partial charge in [0.2, 0.25) is 10.0 Å². The number of aliphatic hydroxyl groups excluding tert-OH is 1. The Morgan fingerprint density at radius 2 is 1.80 bits per heavy atom. The third-order valence-corrected chi connectivity index (χ3v) is 8.28. The van der Waals surface area contributed by atoms with Crippen LogP contribution in [0.15, 0.2) is 47.4 Å². The zero-order valence-corrected chi connectivity index (χ0v) is 22.2. The molecule has 0 unspecified atom stereocenters. The Morgan fingerprint density at radius 3 is 2.40 bits per heavy atom. The second-order valence-electron chi connectivity index (χ2n) is 9.75. The van der Waals surface area contributed by atoms with Crippen LogP contribution < -0.4 is 10.1 Å². The molecule has 0 saturated carbocycles. The molecule has 0 spiro atoms. The molecular formula is C26H37N3O5S. The van der Waals surface area contributed by atoms with E-state index in [9.17, 15) is 18.3 Å². The number of ether oxygens (including phenoxy) is 1. The summed E-state index contributed by atoms with van der Waals surface area (Å²) in [6.07, 6.45) is -0.464. The molecule has 1 aliphatic heterocycles. The molecule has 0 aromatic heterocycles. The van der Waals surface area contributed by atoms with Crippen molar-refractivity contribution in [3.05, 3.63) is 48.0 Å². The molecule has 0 bridgehead atoms. The first-order valence-electron chi connectivity index (χ1n) is 12.0. The van der Waals surface area contributed by atoms with Gasteiger partial charge in [-0.2, -0.15) is 4.31 Å². The van der Waals surface area contributed by atoms with Crippen LogP contribution in [0.4, 0.5) is 4.79 Å². The van der Waals surface area contributed by atoms with Gasteiger partial charge in [-0.1, -0.05) is 42.8 Å². The number of benzene rings is 2. The molecule has 0 fully saturated rings. The number of sulfonamides is 1. The third-order valence-electron chi connectivity index (χ3n) is 6.26. The Bertz CT molecular complexity index is 1130. The molecule has 192 valence electrons. The molecule has 3 rings (SSSR count). The molecule has 35 heavy (non-hydrogen) atoms. The summed E-state index contributed by atoms with van der Waals surface area (Å²) >= 11 is 0. The van der Waals surface area contributed by atoms with Crippen molar-refractivity contribution in [3.8, 4) is 16.9 Å². The van der Waals surface area contributed by atoms with Gasteiger partial charge in [-0.15, -0.1) is 0 Å². The number of nitrogens with zero attached hydrogens (tertiary/aromatic N) is 2. The van der Waals surface area contributed by atoms with Crippen LogP contribution in [0.25, 0.3) is 11.1 Å². The molecule has 1 heterocycles. The zero-order chi connectivity index (χ0) is 25.9. The summed E-state index contributed by atoms with van der Waals surface area (Å²) in [4.78, 5) is 14.2. The number of hydrogen-bond donors (Lipinski definition) is 2. The highest BCUT2D eigenvalue weighted by Gasteiger charge is 2.38. The molecule has 0 saturated heterocycles. The van der Waals surface area contributed by atoms with E-state index in [1.54, 1.807) is 37.1 Å². The summed E-state index contributed by atoms with van der Waals surface area (Å²) < 4.78 is 35.0. The summed E-state index contributed by atoms with van der Waals surface area (Å²) in [5.74, 6) is -0.00307. The van der Waals surface area contributed by atoms with Crippen LogP contribution in [0, 0.1) is 12.8 Å². The molecule has 0 radical (unpaired) electrons. The maximum absolute atomic E-state index is 13.6. The van der Waals surface area contributed by atoms with E-state index in [1.807, 2.05) is 52.0 Å². The SMILES string of the molecule is Cc1ccc(-c2ccc3c(c2)O[C@H](CN(C)C(=O)NC(C)C)[C@H](C)CN([C@H](C)CO)S3(=O)=O)cc1. The number of amides is 2. The van der Waals surface area contributed by atoms with E-state index in [1.165, 1.54) is 4.31 Å². The summed E-state index contributed by atoms with van der Waals surface area (Å²) in [6.45, 7) is 9.51. The van der Waals surface area contributed by atoms with E-state index in [0.29, 0.717) is 0 Å². The fraction of sp³-hybridized carbons (Fsp3) is 0.500. The third kappa shape index (κ3) is 6.15. The number of carbonyl (C=O) groups excluding carboxylic acids is 1. The van der Waals surface area contributed by atoms with E-state index in [-0.39, 0.29) is 48.3 Å². The Kier molecular flexibility index (Phi) is 8.46. The first-order chi connectivity index (χ1) is 16.4. The van der Waals surface area contributed by atoms with E-state index in [4.69, 9.17) is 4.74 Å². The number of aryl methyl sites for hydroxylation is 1. The van der Waals surface area contributed by atoms with Crippen molar-refractivity contribution in [2.24, 2.45) is 5.92 Å². The fourth-order valence-corrected chi connectivity index (χ4v) is 5.90. The molecule has 2 amide bonds. The number of nitrogens with one attached hydrogen (secondary N) is 1. The monoisotopic (exact) mass is 503 g/mol. The van der Waals surface area contributed by atoms with Crippen molar-refractivity contribution in [3.63, 3.8) is 0 Å². The first kappa shape index (κ1) is 27.0. The van der Waals surface area contributed by atoms with Crippen molar-refractivity contribution in [1.29, 1.82) is 0 Å². The van der Waals surface area contributed by atoms with E-state index in [2.05, 4.69) is 5.32 Å². The lowest BCUT2D eigenvalue weighted by atomic mass is 10.0. The fourth-order valence-electron chi connectivity index (χ4n) is 4.08. The van der Waals surface area contributed by atoms with Gasteiger partial charge in [0.15, 0.2) is 0 Å². The van der Waals surface area contributed by atoms with Crippen molar-refractivity contribution in [2.75, 3.05) is 26.7 Å². The number of fused-ring (bicyclic) bond motifs is 1. The lowest BCUT2D eigenvalue weighted by Crippen LogP contribution is -2.51. The predicted octanol–water partition coefficient (Wildman–Crippen LogP) is 3.48. The van der Waals surface area contributed by atoms with Crippen molar-refractivity contribution < 1.29 is 23.1 Å². The van der Waals surface area contributed by atoms with Gasteiger partial charge in [-0.3, -0.25) is 0 Å². The molecule has 1 aliphatic rings. The molecule has 2 aromatic rings. The lowest BCUT2D eigenvalue weighted by Gasteiger charge is -2.37. The molecule has 2 aromatic carbocycles. The molecular weight excluding hydrogens is 466 g/mol. The quantitative estimate of drug-likeness (QED) is 0.629. The maximum atomic E-state index is 13.6. The summed E-state index contributed by atoms with van der Waals surface area (Å²) in [5.41, 5.74) is 2.91. The Morgan fingerprint density at radius 1 is 1.17 bits per heavy atom. The van der Waals surface area contributed by atoms with Crippen molar-refractivity contribution in [1.82, 2.24) is 14.5 Å². The van der Waals surface area contributed by atoms with Crippen molar-refractivity contribution in [2.45, 2.75) is 57.7 Å². The molecule has 9 heteroatoms. The highest BCUT2D eigenvalue weighted by Crippen LogP contribution is 2.36. The minimum Gasteiger partial charge on any atom is -0.487 e. The van der Waals surface area contributed by atoms with Gasteiger partial charge in [-0.05, 0) is 51.0 Å². The van der Waals surface area contributed by atoms with Crippen LogP contribution in [-0.4, -0.2) is 73.7 Å². The average molecular weight is 504 g/mol. The minimum absolute atomic E-state index is 0.00976. The van der Waals surface area contributed by atoms with Gasteiger partial charge in [0.25, 0.3) is 0 Å². The number of urea groups is 1. The number of likely N-dealkylation sites (N-methyl/N-ethyl adjacent to an activating group) is 1. The normalized spacial score (nSPS) is 20.8. The van der Waals surface area contributed by atoms with Gasteiger partial charge < -0.3 is 20.1 Å². The van der Waals surface area contributed by atoms with Gasteiger partial charge >= 0.3 is 6.03 Å². The standard InChI is InChI=1S/C26H37N3O5S/c1-17(2)27-26(31)28(6)15-24-19(4)14-29(20(5)16-30)35(32,33)25-12-11-22(13-23(25)34-24)21-9-7-18(3)8-10-21/h7-13,17,19-20,24,30H,14-16H2,1-6H3,(H,27,31)/t19-,20-,24-/m1/s1. The van der Waals surface area contributed by atoms with Crippen molar-refractivity contribution >= 4 is 16.1 Å². The van der Waals surface area contributed by atoms with Crippen LogP contribution in [0.2, 0.25) is 0 Å². The smallest absolute Gasteiger partial charge is 0.317 e. The van der Waals surface area contributed by atoms with Crippen LogP contribution >= 0.6 is 0 Å². The average Bonchev–Trinajstić information content (AvgIpc) is 2.80. The zero-order valence-electron chi connectivity index (χ0n) is 21.4. The van der Waals surface area contributed by atoms with Crippen LogP contribution in [0.1, 0.15) is 33.3 Å². The Hall–Kier alpha value is -2.62. The second kappa shape index (κ2) is 11.0. The van der Waals surface area contributed by atoms with Crippen LogP contribution in [0.5, 0.6) is 5.75 Å². The lowest BCUT2D eigenvalue weighted by molar-refractivity contribution is 0.0810. The molecule has 8 nitrogen and oxygen atoms in total. The number of rotatable bonds is 6. The number of carbonyl (C=O) groups is 1. The van der Waals surface area contributed by atoms with Crippen LogP contribution in [0.3, 0.4) is 0 Å². The van der Waals surface area contributed by atoms with E-state index >= 15 is 0 Å². The van der Waals surface area contributed by atoms with E-state index in [0.717, 1.165) is 16.7 Å². The molecule has 0 aliphatic carbocycles. The Balaban J connectivity index is 2.06. The predicted molar refractivity (Wildman–Crippen MR) is 137 cm³/mol. The molecule has 2 N–H and O–H groups in total. The summed E-state index contributed by atoms with van der Waals surface area (Å²) in [5, 5.41) is 12.7. The molecule has 3 atom stereocenters. The second-order valence-corrected chi connectivity index (χ2v) is 11.6. The van der Waals surface area contributed by atoms with Gasteiger partial charge in [-0.25, -0.2) is 13.2 Å².